The zero-order valence-electron chi connectivity index (χ0n) is 8.97. The fourth-order valence-electron chi connectivity index (χ4n) is 1.35. The van der Waals surface area contributed by atoms with E-state index in [9.17, 15) is 8.78 Å². The van der Waals surface area contributed by atoms with Gasteiger partial charge in [-0.05, 0) is 40.2 Å². The Morgan fingerprint density at radius 1 is 1.44 bits per heavy atom. The van der Waals surface area contributed by atoms with Crippen LogP contribution in [0.3, 0.4) is 0 Å². The van der Waals surface area contributed by atoms with Crippen LogP contribution in [0, 0.1) is 11.6 Å². The van der Waals surface area contributed by atoms with E-state index in [4.69, 9.17) is 5.73 Å². The molecule has 90 valence electrons. The van der Waals surface area contributed by atoms with Crippen molar-refractivity contribution in [2.24, 2.45) is 5.73 Å². The second-order valence-corrected chi connectivity index (χ2v) is 5.62. The average Bonchev–Trinajstić information content (AvgIpc) is 2.27. The van der Waals surface area contributed by atoms with Crippen LogP contribution in [-0.2, 0) is 6.42 Å². The molecule has 0 heterocycles. The molecule has 0 saturated carbocycles. The van der Waals surface area contributed by atoms with Crippen LogP contribution >= 0.6 is 27.7 Å². The summed E-state index contributed by atoms with van der Waals surface area (Å²) in [6, 6.07) is 2.39. The maximum Gasteiger partial charge on any atom is 0.143 e. The summed E-state index contributed by atoms with van der Waals surface area (Å²) < 4.78 is 27.3. The molecule has 0 bridgehead atoms. The SMILES string of the molecule is CCSCC(N)Cc1c(F)ccc(Br)c1F. The lowest BCUT2D eigenvalue weighted by Gasteiger charge is -2.12. The van der Waals surface area contributed by atoms with Crippen LogP contribution in [-0.4, -0.2) is 17.5 Å². The van der Waals surface area contributed by atoms with Crippen molar-refractivity contribution < 1.29 is 8.78 Å². The van der Waals surface area contributed by atoms with Gasteiger partial charge in [0.25, 0.3) is 0 Å². The Morgan fingerprint density at radius 3 is 2.75 bits per heavy atom. The van der Waals surface area contributed by atoms with E-state index in [1.807, 2.05) is 6.92 Å². The van der Waals surface area contributed by atoms with Gasteiger partial charge >= 0.3 is 0 Å². The zero-order chi connectivity index (χ0) is 12.1. The molecule has 1 rings (SSSR count). The van der Waals surface area contributed by atoms with Crippen LogP contribution in [0.1, 0.15) is 12.5 Å². The number of benzene rings is 1. The number of halogens is 3. The van der Waals surface area contributed by atoms with E-state index >= 15 is 0 Å². The molecule has 5 heteroatoms. The molecule has 1 nitrogen and oxygen atoms in total. The number of rotatable bonds is 5. The minimum Gasteiger partial charge on any atom is -0.327 e. The second-order valence-electron chi connectivity index (χ2n) is 3.45. The summed E-state index contributed by atoms with van der Waals surface area (Å²) in [7, 11) is 0. The van der Waals surface area contributed by atoms with E-state index in [1.165, 1.54) is 12.1 Å². The van der Waals surface area contributed by atoms with E-state index in [0.29, 0.717) is 5.75 Å². The molecule has 0 aliphatic carbocycles. The Morgan fingerprint density at radius 2 is 2.12 bits per heavy atom. The number of hydrogen-bond acceptors (Lipinski definition) is 2. The van der Waals surface area contributed by atoms with Crippen LogP contribution in [0.15, 0.2) is 16.6 Å². The Hall–Kier alpha value is -0.130. The predicted octanol–water partition coefficient (Wildman–Crippen LogP) is 3.35. The summed E-state index contributed by atoms with van der Waals surface area (Å²) in [6.45, 7) is 2.03. The van der Waals surface area contributed by atoms with Crippen LogP contribution in [0.4, 0.5) is 8.78 Å². The van der Waals surface area contributed by atoms with Crippen LogP contribution in [0.5, 0.6) is 0 Å². The summed E-state index contributed by atoms with van der Waals surface area (Å²) >= 11 is 4.70. The molecular weight excluding hydrogens is 296 g/mol. The van der Waals surface area contributed by atoms with Crippen molar-refractivity contribution in [3.63, 3.8) is 0 Å². The Bertz CT molecular complexity index is 360. The lowest BCUT2D eigenvalue weighted by molar-refractivity contribution is 0.539. The van der Waals surface area contributed by atoms with Gasteiger partial charge in [-0.2, -0.15) is 11.8 Å². The highest BCUT2D eigenvalue weighted by molar-refractivity contribution is 9.10. The third kappa shape index (κ3) is 3.71. The maximum atomic E-state index is 13.6. The summed E-state index contributed by atoms with van der Waals surface area (Å²) in [5.74, 6) is 0.591. The Kier molecular flexibility index (Phi) is 5.72. The predicted molar refractivity (Wildman–Crippen MR) is 68.7 cm³/mol. The van der Waals surface area contributed by atoms with E-state index < -0.39 is 11.6 Å². The van der Waals surface area contributed by atoms with Gasteiger partial charge in [-0.15, -0.1) is 0 Å². The van der Waals surface area contributed by atoms with Gasteiger partial charge in [-0.3, -0.25) is 0 Å². The summed E-state index contributed by atoms with van der Waals surface area (Å²) in [6.07, 6.45) is 0.226. The minimum atomic E-state index is -0.544. The molecule has 0 aliphatic rings. The van der Waals surface area contributed by atoms with Gasteiger partial charge < -0.3 is 5.73 Å². The van der Waals surface area contributed by atoms with Crippen molar-refractivity contribution in [3.8, 4) is 0 Å². The van der Waals surface area contributed by atoms with Crippen molar-refractivity contribution in [2.75, 3.05) is 11.5 Å². The lowest BCUT2D eigenvalue weighted by atomic mass is 10.1. The summed E-state index contributed by atoms with van der Waals surface area (Å²) in [5, 5.41) is 0. The van der Waals surface area contributed by atoms with Gasteiger partial charge in [-0.1, -0.05) is 6.92 Å². The Labute approximate surface area is 107 Å². The quantitative estimate of drug-likeness (QED) is 0.844. The highest BCUT2D eigenvalue weighted by atomic mass is 79.9. The molecule has 0 aromatic heterocycles. The third-order valence-corrected chi connectivity index (χ3v) is 3.83. The molecule has 0 aliphatic heterocycles. The fraction of sp³-hybridized carbons (Fsp3) is 0.455. The smallest absolute Gasteiger partial charge is 0.143 e. The largest absolute Gasteiger partial charge is 0.327 e. The van der Waals surface area contributed by atoms with Crippen LogP contribution < -0.4 is 5.73 Å². The average molecular weight is 310 g/mol. The molecule has 1 aromatic carbocycles. The normalized spacial score (nSPS) is 12.8. The van der Waals surface area contributed by atoms with Crippen molar-refractivity contribution in [3.05, 3.63) is 33.8 Å². The number of hydrogen-bond donors (Lipinski definition) is 1. The molecule has 0 fully saturated rings. The summed E-state index contributed by atoms with van der Waals surface area (Å²) in [5.41, 5.74) is 5.88. The Balaban J connectivity index is 2.76. The van der Waals surface area contributed by atoms with Crippen LogP contribution in [0.25, 0.3) is 0 Å². The first-order chi connectivity index (χ1) is 7.56. The first-order valence-corrected chi connectivity index (χ1v) is 6.96. The molecule has 16 heavy (non-hydrogen) atoms. The van der Waals surface area contributed by atoms with E-state index in [1.54, 1.807) is 11.8 Å². The topological polar surface area (TPSA) is 26.0 Å². The minimum absolute atomic E-state index is 0.0681. The molecule has 1 aromatic rings. The van der Waals surface area contributed by atoms with Gasteiger partial charge in [-0.25, -0.2) is 8.78 Å². The molecule has 0 spiro atoms. The molecule has 0 radical (unpaired) electrons. The first kappa shape index (κ1) is 13.9. The monoisotopic (exact) mass is 309 g/mol. The highest BCUT2D eigenvalue weighted by Gasteiger charge is 2.15. The molecule has 1 unspecified atom stereocenters. The third-order valence-electron chi connectivity index (χ3n) is 2.14. The fourth-order valence-corrected chi connectivity index (χ4v) is 2.37. The van der Waals surface area contributed by atoms with E-state index in [0.717, 1.165) is 5.75 Å². The van der Waals surface area contributed by atoms with E-state index in [-0.39, 0.29) is 22.5 Å². The molecule has 0 saturated heterocycles. The lowest BCUT2D eigenvalue weighted by Crippen LogP contribution is -2.26. The summed E-state index contributed by atoms with van der Waals surface area (Å²) in [4.78, 5) is 0. The van der Waals surface area contributed by atoms with Crippen LogP contribution in [0.2, 0.25) is 0 Å². The molecule has 0 amide bonds. The highest BCUT2D eigenvalue weighted by Crippen LogP contribution is 2.22. The number of thioether (sulfide) groups is 1. The first-order valence-electron chi connectivity index (χ1n) is 5.02. The van der Waals surface area contributed by atoms with Gasteiger partial charge in [0, 0.05) is 17.4 Å². The van der Waals surface area contributed by atoms with Crippen molar-refractivity contribution in [1.82, 2.24) is 0 Å². The van der Waals surface area contributed by atoms with Gasteiger partial charge in [0.05, 0.1) is 4.47 Å². The van der Waals surface area contributed by atoms with Gasteiger partial charge in [0.1, 0.15) is 11.6 Å². The van der Waals surface area contributed by atoms with Gasteiger partial charge in [0.2, 0.25) is 0 Å². The number of nitrogens with two attached hydrogens (primary N) is 1. The van der Waals surface area contributed by atoms with Crippen molar-refractivity contribution in [1.29, 1.82) is 0 Å². The van der Waals surface area contributed by atoms with Crippen molar-refractivity contribution in [2.45, 2.75) is 19.4 Å². The molecule has 1 atom stereocenters. The second kappa shape index (κ2) is 6.57. The molecular formula is C11H14BrF2NS. The zero-order valence-corrected chi connectivity index (χ0v) is 11.4. The molecule has 2 N–H and O–H groups in total. The standard InChI is InChI=1S/C11H14BrF2NS/c1-2-16-6-7(15)5-8-10(13)4-3-9(12)11(8)14/h3-4,7H,2,5-6,15H2,1H3. The van der Waals surface area contributed by atoms with Crippen molar-refractivity contribution >= 4 is 27.7 Å². The van der Waals surface area contributed by atoms with Gasteiger partial charge in [0.15, 0.2) is 0 Å². The van der Waals surface area contributed by atoms with E-state index in [2.05, 4.69) is 15.9 Å². The maximum absolute atomic E-state index is 13.6.